The van der Waals surface area contributed by atoms with E-state index >= 15 is 0 Å². The number of benzene rings is 2. The molecule has 0 saturated heterocycles. The highest BCUT2D eigenvalue weighted by Crippen LogP contribution is 2.30. The average Bonchev–Trinajstić information content (AvgIpc) is 3.40. The van der Waals surface area contributed by atoms with Gasteiger partial charge < -0.3 is 14.5 Å². The summed E-state index contributed by atoms with van der Waals surface area (Å²) < 4.78 is 27.4. The summed E-state index contributed by atoms with van der Waals surface area (Å²) in [7, 11) is 3.12. The highest BCUT2D eigenvalue weighted by atomic mass is 35.5. The van der Waals surface area contributed by atoms with Crippen molar-refractivity contribution in [2.24, 2.45) is 0 Å². The Bertz CT molecular complexity index is 1130. The third-order valence-electron chi connectivity index (χ3n) is 5.46. The monoisotopic (exact) mass is 456 g/mol. The van der Waals surface area contributed by atoms with Gasteiger partial charge in [0.15, 0.2) is 11.6 Å². The van der Waals surface area contributed by atoms with E-state index in [-0.39, 0.29) is 5.75 Å². The number of methoxy groups -OCH3 is 2. The van der Waals surface area contributed by atoms with Crippen molar-refractivity contribution in [3.05, 3.63) is 88.1 Å². The molecular formula is C24H26ClFN4O2. The lowest BCUT2D eigenvalue weighted by Crippen LogP contribution is -2.34. The lowest BCUT2D eigenvalue weighted by atomic mass is 10.1. The molecule has 0 fully saturated rings. The van der Waals surface area contributed by atoms with Crippen LogP contribution in [0.25, 0.3) is 0 Å². The first-order chi connectivity index (χ1) is 15.5. The van der Waals surface area contributed by atoms with Gasteiger partial charge in [-0.05, 0) is 36.2 Å². The average molecular weight is 457 g/mol. The fraction of sp³-hybridized carbons (Fsp3) is 0.292. The van der Waals surface area contributed by atoms with Crippen molar-refractivity contribution in [2.45, 2.75) is 26.6 Å². The van der Waals surface area contributed by atoms with E-state index in [0.29, 0.717) is 36.8 Å². The molecule has 3 aromatic rings. The van der Waals surface area contributed by atoms with E-state index in [1.54, 1.807) is 19.2 Å². The largest absolute Gasteiger partial charge is 0.496 e. The quantitative estimate of drug-likeness (QED) is 0.487. The highest BCUT2D eigenvalue weighted by molar-refractivity contribution is 6.31. The summed E-state index contributed by atoms with van der Waals surface area (Å²) in [6.07, 6.45) is 7.88. The van der Waals surface area contributed by atoms with Gasteiger partial charge in [0.2, 0.25) is 0 Å². The number of hydrogen-bond donors (Lipinski definition) is 0. The fourth-order valence-electron chi connectivity index (χ4n) is 3.79. The van der Waals surface area contributed by atoms with Crippen molar-refractivity contribution in [3.63, 3.8) is 0 Å². The maximum absolute atomic E-state index is 14.8. The third kappa shape index (κ3) is 4.74. The van der Waals surface area contributed by atoms with E-state index in [2.05, 4.69) is 22.2 Å². The molecule has 0 atom stereocenters. The molecule has 0 unspecified atom stereocenters. The number of nitrogens with zero attached hydrogens (tertiary/aromatic N) is 4. The number of aryl methyl sites for hydroxylation is 1. The van der Waals surface area contributed by atoms with E-state index in [0.717, 1.165) is 22.4 Å². The van der Waals surface area contributed by atoms with Crippen LogP contribution in [0.1, 0.15) is 22.3 Å². The number of halogens is 2. The van der Waals surface area contributed by atoms with Crippen molar-refractivity contribution in [1.29, 1.82) is 0 Å². The predicted molar refractivity (Wildman–Crippen MR) is 122 cm³/mol. The zero-order valence-electron chi connectivity index (χ0n) is 18.4. The second kappa shape index (κ2) is 9.63. The van der Waals surface area contributed by atoms with Crippen LogP contribution in [0.2, 0.25) is 5.02 Å². The van der Waals surface area contributed by atoms with E-state index in [9.17, 15) is 4.39 Å². The maximum atomic E-state index is 14.8. The molecule has 168 valence electrons. The molecule has 0 N–H and O–H groups in total. The molecule has 1 aliphatic heterocycles. The Morgan fingerprint density at radius 1 is 1.06 bits per heavy atom. The van der Waals surface area contributed by atoms with Gasteiger partial charge in [0, 0.05) is 41.6 Å². The van der Waals surface area contributed by atoms with Crippen molar-refractivity contribution < 1.29 is 13.9 Å². The SMILES string of the molecule is COc1cc(CN2C=CCN2Cc2c(Cl)ccc(OC)c2F)ccc1Cn1cc(C)cn1. The van der Waals surface area contributed by atoms with Gasteiger partial charge in [-0.2, -0.15) is 5.10 Å². The first-order valence-electron chi connectivity index (χ1n) is 10.3. The zero-order valence-corrected chi connectivity index (χ0v) is 19.1. The molecule has 0 bridgehead atoms. The van der Waals surface area contributed by atoms with Gasteiger partial charge in [-0.25, -0.2) is 9.40 Å². The highest BCUT2D eigenvalue weighted by Gasteiger charge is 2.22. The van der Waals surface area contributed by atoms with Crippen LogP contribution in [0, 0.1) is 12.7 Å². The van der Waals surface area contributed by atoms with Gasteiger partial charge in [-0.3, -0.25) is 4.68 Å². The van der Waals surface area contributed by atoms with Gasteiger partial charge in [0.1, 0.15) is 5.75 Å². The van der Waals surface area contributed by atoms with Gasteiger partial charge in [-0.15, -0.1) is 0 Å². The minimum absolute atomic E-state index is 0.191. The lowest BCUT2D eigenvalue weighted by molar-refractivity contribution is 0.0344. The van der Waals surface area contributed by atoms with Crippen LogP contribution >= 0.6 is 11.6 Å². The molecule has 2 heterocycles. The molecule has 0 spiro atoms. The summed E-state index contributed by atoms with van der Waals surface area (Å²) >= 11 is 6.29. The maximum Gasteiger partial charge on any atom is 0.171 e. The summed E-state index contributed by atoms with van der Waals surface area (Å²) in [6.45, 7) is 4.28. The molecule has 1 aliphatic rings. The van der Waals surface area contributed by atoms with Crippen LogP contribution in [-0.2, 0) is 19.6 Å². The molecular weight excluding hydrogens is 431 g/mol. The van der Waals surface area contributed by atoms with Crippen LogP contribution in [0.3, 0.4) is 0 Å². The number of rotatable bonds is 8. The summed E-state index contributed by atoms with van der Waals surface area (Å²) in [5.74, 6) is 0.579. The van der Waals surface area contributed by atoms with E-state index < -0.39 is 5.82 Å². The van der Waals surface area contributed by atoms with Gasteiger partial charge >= 0.3 is 0 Å². The van der Waals surface area contributed by atoms with Gasteiger partial charge in [-0.1, -0.05) is 29.8 Å². The number of hydrogen-bond acceptors (Lipinski definition) is 5. The van der Waals surface area contributed by atoms with Crippen molar-refractivity contribution >= 4 is 11.6 Å². The Labute approximate surface area is 192 Å². The molecule has 32 heavy (non-hydrogen) atoms. The Morgan fingerprint density at radius 2 is 1.88 bits per heavy atom. The number of ether oxygens (including phenoxy) is 2. The molecule has 0 aliphatic carbocycles. The number of aromatic nitrogens is 2. The molecule has 0 radical (unpaired) electrons. The molecule has 6 nitrogen and oxygen atoms in total. The summed E-state index contributed by atoms with van der Waals surface area (Å²) in [5.41, 5.74) is 3.67. The normalized spacial score (nSPS) is 13.7. The first kappa shape index (κ1) is 22.2. The fourth-order valence-corrected chi connectivity index (χ4v) is 4.00. The van der Waals surface area contributed by atoms with Crippen molar-refractivity contribution in [2.75, 3.05) is 20.8 Å². The summed E-state index contributed by atoms with van der Waals surface area (Å²) in [4.78, 5) is 0. The van der Waals surface area contributed by atoms with Crippen molar-refractivity contribution in [3.8, 4) is 11.5 Å². The topological polar surface area (TPSA) is 42.8 Å². The van der Waals surface area contributed by atoms with E-state index in [4.69, 9.17) is 21.1 Å². The minimum Gasteiger partial charge on any atom is -0.496 e. The summed E-state index contributed by atoms with van der Waals surface area (Å²) in [6, 6.07) is 9.39. The predicted octanol–water partition coefficient (Wildman–Crippen LogP) is 4.80. The van der Waals surface area contributed by atoms with Gasteiger partial charge in [0.25, 0.3) is 0 Å². The summed E-state index contributed by atoms with van der Waals surface area (Å²) in [5, 5.41) is 8.83. The molecule has 0 saturated carbocycles. The second-order valence-electron chi connectivity index (χ2n) is 7.73. The Kier molecular flexibility index (Phi) is 6.67. The standard InChI is InChI=1S/C24H26ClFN4O2/c1-17-12-27-28(13-17)15-19-6-5-18(11-23(19)32-3)14-29-9-4-10-30(29)16-20-21(25)7-8-22(31-2)24(20)26/h4-9,11-13H,10,14-16H2,1-3H3. The van der Waals surface area contributed by atoms with E-state index in [1.807, 2.05) is 47.4 Å². The Hall–Kier alpha value is -3.03. The molecule has 4 rings (SSSR count). The smallest absolute Gasteiger partial charge is 0.171 e. The second-order valence-corrected chi connectivity index (χ2v) is 8.14. The molecule has 2 aromatic carbocycles. The minimum atomic E-state index is -0.424. The molecule has 0 amide bonds. The van der Waals surface area contributed by atoms with Crippen molar-refractivity contribution in [1.82, 2.24) is 19.8 Å². The molecule has 8 heteroatoms. The third-order valence-corrected chi connectivity index (χ3v) is 5.81. The molecule has 1 aromatic heterocycles. The van der Waals surface area contributed by atoms with E-state index in [1.165, 1.54) is 7.11 Å². The van der Waals surface area contributed by atoms with Crippen LogP contribution < -0.4 is 9.47 Å². The van der Waals surface area contributed by atoms with Crippen LogP contribution in [0.4, 0.5) is 4.39 Å². The lowest BCUT2D eigenvalue weighted by Gasteiger charge is -2.30. The van der Waals surface area contributed by atoms with Crippen LogP contribution in [-0.4, -0.2) is 40.6 Å². The number of hydrazine groups is 1. The Morgan fingerprint density at radius 3 is 2.59 bits per heavy atom. The van der Waals surface area contributed by atoms with Crippen LogP contribution in [0.5, 0.6) is 11.5 Å². The zero-order chi connectivity index (χ0) is 22.7. The van der Waals surface area contributed by atoms with Gasteiger partial charge in [0.05, 0.1) is 33.5 Å². The Balaban J connectivity index is 1.49. The first-order valence-corrected chi connectivity index (χ1v) is 10.7. The van der Waals surface area contributed by atoms with Crippen LogP contribution in [0.15, 0.2) is 55.0 Å².